The van der Waals surface area contributed by atoms with Crippen LogP contribution in [0.5, 0.6) is 5.75 Å². The van der Waals surface area contributed by atoms with Gasteiger partial charge in [0.25, 0.3) is 10.0 Å². The minimum atomic E-state index is -3.81. The molecule has 2 rings (SSSR count). The van der Waals surface area contributed by atoms with Crippen LogP contribution in [-0.4, -0.2) is 41.8 Å². The topological polar surface area (TPSA) is 92.8 Å². The van der Waals surface area contributed by atoms with Crippen LogP contribution in [0.4, 0.5) is 5.69 Å². The first-order valence-electron chi connectivity index (χ1n) is 7.05. The Morgan fingerprint density at radius 2 is 1.84 bits per heavy atom. The molecule has 0 aliphatic carbocycles. The summed E-state index contributed by atoms with van der Waals surface area (Å²) in [6.45, 7) is 2.02. The number of sulfonamides is 2. The zero-order valence-electron chi connectivity index (χ0n) is 13.7. The van der Waals surface area contributed by atoms with Crippen LogP contribution < -0.4 is 9.46 Å². The van der Waals surface area contributed by atoms with E-state index in [4.69, 9.17) is 4.74 Å². The summed E-state index contributed by atoms with van der Waals surface area (Å²) in [5.74, 6) is 0.165. The lowest BCUT2D eigenvalue weighted by Gasteiger charge is -2.16. The number of thiophene rings is 1. The van der Waals surface area contributed by atoms with E-state index >= 15 is 0 Å². The maximum absolute atomic E-state index is 12.5. The summed E-state index contributed by atoms with van der Waals surface area (Å²) in [6.07, 6.45) is 0. The number of ether oxygens (including phenoxy) is 1. The molecule has 0 unspecified atom stereocenters. The molecule has 138 valence electrons. The molecule has 0 aliphatic heterocycles. The van der Waals surface area contributed by atoms with Crippen LogP contribution in [-0.2, 0) is 20.0 Å². The van der Waals surface area contributed by atoms with Crippen LogP contribution >= 0.6 is 27.3 Å². The Kier molecular flexibility index (Phi) is 6.15. The Hall–Kier alpha value is -1.14. The highest BCUT2D eigenvalue weighted by molar-refractivity contribution is 9.11. The zero-order valence-corrected chi connectivity index (χ0v) is 17.7. The standard InChI is InChI=1S/C14H17BrN2O5S3/c1-4-22-11-6-5-10(9-12(11)25(20,21)17(2)3)16-24(18,19)14-8-7-13(15)23-14/h5-9,16H,4H2,1-3H3. The van der Waals surface area contributed by atoms with E-state index < -0.39 is 20.0 Å². The molecule has 0 radical (unpaired) electrons. The number of benzene rings is 1. The highest BCUT2D eigenvalue weighted by Gasteiger charge is 2.24. The molecule has 0 amide bonds. The van der Waals surface area contributed by atoms with E-state index in [0.717, 1.165) is 15.6 Å². The third-order valence-corrected chi connectivity index (χ3v) is 8.40. The number of anilines is 1. The molecule has 1 N–H and O–H groups in total. The number of halogens is 1. The monoisotopic (exact) mass is 468 g/mol. The molecule has 0 bridgehead atoms. The van der Waals surface area contributed by atoms with Gasteiger partial charge in [-0.2, -0.15) is 0 Å². The minimum Gasteiger partial charge on any atom is -0.492 e. The summed E-state index contributed by atoms with van der Waals surface area (Å²) < 4.78 is 59.4. The highest BCUT2D eigenvalue weighted by Crippen LogP contribution is 2.32. The summed E-state index contributed by atoms with van der Waals surface area (Å²) in [6, 6.07) is 7.23. The Morgan fingerprint density at radius 1 is 1.16 bits per heavy atom. The maximum atomic E-state index is 12.5. The zero-order chi connectivity index (χ0) is 18.8. The Balaban J connectivity index is 2.47. The third kappa shape index (κ3) is 4.53. The number of rotatable bonds is 7. The average molecular weight is 469 g/mol. The minimum absolute atomic E-state index is 0.105. The lowest BCUT2D eigenvalue weighted by molar-refractivity contribution is 0.330. The first kappa shape index (κ1) is 20.2. The average Bonchev–Trinajstić information content (AvgIpc) is 2.96. The first-order valence-corrected chi connectivity index (χ1v) is 11.6. The fourth-order valence-corrected chi connectivity index (χ4v) is 6.00. The summed E-state index contributed by atoms with van der Waals surface area (Å²) in [7, 11) is -4.82. The van der Waals surface area contributed by atoms with Crippen molar-refractivity contribution in [1.29, 1.82) is 0 Å². The summed E-state index contributed by atoms with van der Waals surface area (Å²) in [5, 5.41) is 0. The van der Waals surface area contributed by atoms with Gasteiger partial charge in [0, 0.05) is 14.1 Å². The van der Waals surface area contributed by atoms with Gasteiger partial charge in [0.15, 0.2) is 0 Å². The van der Waals surface area contributed by atoms with Crippen molar-refractivity contribution in [2.75, 3.05) is 25.4 Å². The number of hydrogen-bond acceptors (Lipinski definition) is 6. The van der Waals surface area contributed by atoms with Gasteiger partial charge < -0.3 is 4.74 Å². The molecule has 11 heteroatoms. The number of hydrogen-bond donors (Lipinski definition) is 1. The molecule has 1 aromatic carbocycles. The van der Waals surface area contributed by atoms with Crippen molar-refractivity contribution in [1.82, 2.24) is 4.31 Å². The lowest BCUT2D eigenvalue weighted by atomic mass is 10.3. The summed E-state index contributed by atoms with van der Waals surface area (Å²) >= 11 is 4.27. The Bertz CT molecular complexity index is 968. The highest BCUT2D eigenvalue weighted by atomic mass is 79.9. The molecule has 2 aromatic rings. The molecule has 0 saturated carbocycles. The Morgan fingerprint density at radius 3 is 2.36 bits per heavy atom. The van der Waals surface area contributed by atoms with Gasteiger partial charge in [-0.25, -0.2) is 21.1 Å². The third-order valence-electron chi connectivity index (χ3n) is 3.07. The van der Waals surface area contributed by atoms with E-state index in [-0.39, 0.29) is 27.1 Å². The van der Waals surface area contributed by atoms with Crippen LogP contribution in [0.3, 0.4) is 0 Å². The van der Waals surface area contributed by atoms with E-state index in [2.05, 4.69) is 20.7 Å². The molecule has 0 fully saturated rings. The molecule has 25 heavy (non-hydrogen) atoms. The van der Waals surface area contributed by atoms with E-state index in [1.807, 2.05) is 0 Å². The second-order valence-electron chi connectivity index (χ2n) is 5.05. The lowest BCUT2D eigenvalue weighted by Crippen LogP contribution is -2.23. The fourth-order valence-electron chi connectivity index (χ4n) is 1.89. The van der Waals surface area contributed by atoms with Crippen molar-refractivity contribution in [2.24, 2.45) is 0 Å². The van der Waals surface area contributed by atoms with Gasteiger partial charge in [-0.05, 0) is 53.2 Å². The van der Waals surface area contributed by atoms with Crippen molar-refractivity contribution in [2.45, 2.75) is 16.0 Å². The van der Waals surface area contributed by atoms with Crippen molar-refractivity contribution >= 4 is 53.0 Å². The van der Waals surface area contributed by atoms with Gasteiger partial charge in [0.2, 0.25) is 10.0 Å². The van der Waals surface area contributed by atoms with Gasteiger partial charge >= 0.3 is 0 Å². The van der Waals surface area contributed by atoms with Crippen LogP contribution in [0.2, 0.25) is 0 Å². The van der Waals surface area contributed by atoms with Crippen LogP contribution in [0.25, 0.3) is 0 Å². The van der Waals surface area contributed by atoms with Crippen LogP contribution in [0.1, 0.15) is 6.92 Å². The molecule has 0 aliphatic rings. The van der Waals surface area contributed by atoms with Crippen molar-refractivity contribution in [3.63, 3.8) is 0 Å². The predicted octanol–water partition coefficient (Wildman–Crippen LogP) is 2.96. The van der Waals surface area contributed by atoms with Gasteiger partial charge in [-0.15, -0.1) is 11.3 Å². The largest absolute Gasteiger partial charge is 0.492 e. The van der Waals surface area contributed by atoms with Gasteiger partial charge in [-0.1, -0.05) is 0 Å². The first-order chi connectivity index (χ1) is 11.6. The number of nitrogens with one attached hydrogen (secondary N) is 1. The second kappa shape index (κ2) is 7.62. The second-order valence-corrected chi connectivity index (χ2v) is 11.5. The van der Waals surface area contributed by atoms with Gasteiger partial charge in [0.1, 0.15) is 14.9 Å². The molecule has 0 spiro atoms. The summed E-state index contributed by atoms with van der Waals surface area (Å²) in [5.41, 5.74) is 0.133. The fraction of sp³-hybridized carbons (Fsp3) is 0.286. The number of nitrogens with zero attached hydrogens (tertiary/aromatic N) is 1. The summed E-state index contributed by atoms with van der Waals surface area (Å²) in [4.78, 5) is -0.105. The maximum Gasteiger partial charge on any atom is 0.271 e. The van der Waals surface area contributed by atoms with Crippen LogP contribution in [0, 0.1) is 0 Å². The Labute approximate surface area is 159 Å². The van der Waals surface area contributed by atoms with Crippen LogP contribution in [0.15, 0.2) is 43.2 Å². The molecule has 0 saturated heterocycles. The molecular formula is C14H17BrN2O5S3. The molecule has 7 nitrogen and oxygen atoms in total. The van der Waals surface area contributed by atoms with E-state index in [1.165, 1.54) is 38.4 Å². The van der Waals surface area contributed by atoms with Crippen molar-refractivity contribution < 1.29 is 21.6 Å². The molecule has 1 heterocycles. The SMILES string of the molecule is CCOc1ccc(NS(=O)(=O)c2ccc(Br)s2)cc1S(=O)(=O)N(C)C. The van der Waals surface area contributed by atoms with Gasteiger partial charge in [-0.3, -0.25) is 4.72 Å². The van der Waals surface area contributed by atoms with E-state index in [1.54, 1.807) is 13.0 Å². The predicted molar refractivity (Wildman–Crippen MR) is 101 cm³/mol. The smallest absolute Gasteiger partial charge is 0.271 e. The van der Waals surface area contributed by atoms with E-state index in [0.29, 0.717) is 3.79 Å². The van der Waals surface area contributed by atoms with Crippen molar-refractivity contribution in [3.8, 4) is 5.75 Å². The van der Waals surface area contributed by atoms with E-state index in [9.17, 15) is 16.8 Å². The quantitative estimate of drug-likeness (QED) is 0.673. The molecular weight excluding hydrogens is 452 g/mol. The van der Waals surface area contributed by atoms with Gasteiger partial charge in [0.05, 0.1) is 16.1 Å². The van der Waals surface area contributed by atoms with Crippen molar-refractivity contribution in [3.05, 3.63) is 34.1 Å². The normalized spacial score (nSPS) is 12.4. The molecule has 1 aromatic heterocycles. The molecule has 0 atom stereocenters.